The highest BCUT2D eigenvalue weighted by atomic mass is 32.1. The monoisotopic (exact) mass is 417 g/mol. The van der Waals surface area contributed by atoms with Crippen LogP contribution in [-0.4, -0.2) is 15.9 Å². The van der Waals surface area contributed by atoms with Crippen molar-refractivity contribution in [3.8, 4) is 22.4 Å². The van der Waals surface area contributed by atoms with Crippen molar-refractivity contribution in [2.24, 2.45) is 5.11 Å². The van der Waals surface area contributed by atoms with Gasteiger partial charge in [-0.25, -0.2) is 14.8 Å². The first kappa shape index (κ1) is 20.2. The zero-order chi connectivity index (χ0) is 21.0. The Morgan fingerprint density at radius 2 is 1.69 bits per heavy atom. The van der Waals surface area contributed by atoms with Crippen LogP contribution in [0.15, 0.2) is 59.7 Å². The lowest BCUT2D eigenvalue weighted by Gasteiger charge is -2.15. The molecule has 0 saturated heterocycles. The Morgan fingerprint density at radius 3 is 2.24 bits per heavy atom. The van der Waals surface area contributed by atoms with Gasteiger partial charge in [-0.3, -0.25) is 0 Å². The quantitative estimate of drug-likeness (QED) is 0.191. The first-order chi connectivity index (χ1) is 13.8. The fraction of sp³-hybridized carbons (Fsp3) is 0.0556. The number of carbonyl (C=O) groups excluding carboxylic acids is 1. The van der Waals surface area contributed by atoms with Crippen molar-refractivity contribution in [3.05, 3.63) is 76.4 Å². The van der Waals surface area contributed by atoms with Crippen LogP contribution in [0.2, 0.25) is 0 Å². The Bertz CT molecular complexity index is 1100. The largest absolute Gasteiger partial charge is 0.451 e. The minimum absolute atomic E-state index is 0.105. The SMILES string of the molecule is [N-]=[N+]=Nc1nc(C(F)(F)F)nc(-c2ccc(C(=O)OS)cc2)c1-c1ccccc1. The van der Waals surface area contributed by atoms with Crippen LogP contribution in [0, 0.1) is 0 Å². The molecule has 0 aliphatic rings. The molecule has 7 nitrogen and oxygen atoms in total. The Morgan fingerprint density at radius 1 is 1.03 bits per heavy atom. The Balaban J connectivity index is 2.32. The Hall–Kier alpha value is -3.56. The molecule has 0 radical (unpaired) electrons. The van der Waals surface area contributed by atoms with Crippen molar-refractivity contribution in [3.63, 3.8) is 0 Å². The number of rotatable bonds is 4. The van der Waals surface area contributed by atoms with Crippen LogP contribution in [0.25, 0.3) is 32.8 Å². The number of thiol groups is 1. The summed E-state index contributed by atoms with van der Waals surface area (Å²) in [5.41, 5.74) is 9.70. The molecule has 3 rings (SSSR count). The van der Waals surface area contributed by atoms with E-state index in [9.17, 15) is 18.0 Å². The van der Waals surface area contributed by atoms with E-state index in [-0.39, 0.29) is 22.4 Å². The molecule has 0 saturated carbocycles. The van der Waals surface area contributed by atoms with Crippen LogP contribution in [0.3, 0.4) is 0 Å². The molecule has 0 spiro atoms. The molecule has 0 fully saturated rings. The van der Waals surface area contributed by atoms with Gasteiger partial charge in [0.2, 0.25) is 5.82 Å². The molecule has 2 aromatic carbocycles. The summed E-state index contributed by atoms with van der Waals surface area (Å²) >= 11 is 3.43. The summed E-state index contributed by atoms with van der Waals surface area (Å²) in [6, 6.07) is 13.8. The third-order valence-electron chi connectivity index (χ3n) is 3.82. The molecular formula is C18H10F3N5O2S. The molecule has 1 aromatic heterocycles. The van der Waals surface area contributed by atoms with Crippen LogP contribution in [-0.2, 0) is 10.4 Å². The summed E-state index contributed by atoms with van der Waals surface area (Å²) in [6.07, 6.45) is -4.86. The minimum Gasteiger partial charge on any atom is -0.391 e. The number of alkyl halides is 3. The van der Waals surface area contributed by atoms with Crippen LogP contribution >= 0.6 is 12.9 Å². The van der Waals surface area contributed by atoms with Gasteiger partial charge in [-0.05, 0) is 28.3 Å². The van der Waals surface area contributed by atoms with Crippen molar-refractivity contribution >= 4 is 24.7 Å². The highest BCUT2D eigenvalue weighted by Gasteiger charge is 2.36. The maximum absolute atomic E-state index is 13.3. The predicted molar refractivity (Wildman–Crippen MR) is 101 cm³/mol. The van der Waals surface area contributed by atoms with Crippen LogP contribution < -0.4 is 0 Å². The lowest BCUT2D eigenvalue weighted by Crippen LogP contribution is -2.12. The fourth-order valence-corrected chi connectivity index (χ4v) is 2.69. The third kappa shape index (κ3) is 4.31. The molecule has 146 valence electrons. The van der Waals surface area contributed by atoms with E-state index in [1.165, 1.54) is 24.3 Å². The first-order valence-electron chi connectivity index (χ1n) is 7.91. The number of benzene rings is 2. The minimum atomic E-state index is -4.86. The second-order valence-electron chi connectivity index (χ2n) is 5.60. The number of azide groups is 1. The number of nitrogens with zero attached hydrogens (tertiary/aromatic N) is 5. The number of hydrogen-bond acceptors (Lipinski definition) is 6. The molecule has 0 unspecified atom stereocenters. The standard InChI is InChI=1S/C18H10F3N5O2S/c19-18(20,21)17-23-14(11-6-8-12(9-7-11)16(27)28-29)13(15(24-17)25-26-22)10-4-2-1-3-5-10/h1-9,29H. The van der Waals surface area contributed by atoms with E-state index in [4.69, 9.17) is 5.53 Å². The molecule has 1 heterocycles. The molecule has 0 N–H and O–H groups in total. The normalized spacial score (nSPS) is 10.9. The number of aromatic nitrogens is 2. The summed E-state index contributed by atoms with van der Waals surface area (Å²) in [5, 5.41) is 3.35. The fourth-order valence-electron chi connectivity index (χ4n) is 2.59. The molecule has 3 aromatic rings. The molecule has 29 heavy (non-hydrogen) atoms. The van der Waals surface area contributed by atoms with E-state index >= 15 is 0 Å². The second-order valence-corrected chi connectivity index (χ2v) is 5.79. The summed E-state index contributed by atoms with van der Waals surface area (Å²) in [6.45, 7) is 0. The van der Waals surface area contributed by atoms with Crippen molar-refractivity contribution in [1.29, 1.82) is 0 Å². The van der Waals surface area contributed by atoms with Crippen LogP contribution in [0.1, 0.15) is 16.2 Å². The average molecular weight is 417 g/mol. The lowest BCUT2D eigenvalue weighted by molar-refractivity contribution is -0.144. The molecular weight excluding hydrogens is 407 g/mol. The van der Waals surface area contributed by atoms with Gasteiger partial charge < -0.3 is 4.18 Å². The predicted octanol–water partition coefficient (Wildman–Crippen LogP) is 5.77. The van der Waals surface area contributed by atoms with Gasteiger partial charge in [0.15, 0.2) is 0 Å². The maximum Gasteiger partial charge on any atom is 0.451 e. The second kappa shape index (κ2) is 8.21. The van der Waals surface area contributed by atoms with E-state index < -0.39 is 23.8 Å². The lowest BCUT2D eigenvalue weighted by atomic mass is 9.99. The Kier molecular flexibility index (Phi) is 5.71. The number of hydrogen-bond donors (Lipinski definition) is 1. The van der Waals surface area contributed by atoms with Gasteiger partial charge in [0.25, 0.3) is 0 Å². The van der Waals surface area contributed by atoms with Gasteiger partial charge in [-0.1, -0.05) is 42.5 Å². The molecule has 0 atom stereocenters. The van der Waals surface area contributed by atoms with Gasteiger partial charge in [0.1, 0.15) is 5.82 Å². The van der Waals surface area contributed by atoms with E-state index in [0.29, 0.717) is 5.56 Å². The summed E-state index contributed by atoms with van der Waals surface area (Å²) in [7, 11) is 0. The third-order valence-corrected chi connectivity index (χ3v) is 3.99. The van der Waals surface area contributed by atoms with Crippen molar-refractivity contribution < 1.29 is 22.1 Å². The zero-order valence-corrected chi connectivity index (χ0v) is 15.2. The van der Waals surface area contributed by atoms with Crippen molar-refractivity contribution in [1.82, 2.24) is 9.97 Å². The van der Waals surface area contributed by atoms with E-state index in [2.05, 4.69) is 37.1 Å². The van der Waals surface area contributed by atoms with Crippen LogP contribution in [0.5, 0.6) is 0 Å². The Labute approximate surface area is 167 Å². The average Bonchev–Trinajstić information content (AvgIpc) is 2.73. The zero-order valence-electron chi connectivity index (χ0n) is 14.3. The van der Waals surface area contributed by atoms with Gasteiger partial charge in [0, 0.05) is 28.9 Å². The first-order valence-corrected chi connectivity index (χ1v) is 8.27. The van der Waals surface area contributed by atoms with Gasteiger partial charge in [-0.2, -0.15) is 13.2 Å². The number of carbonyl (C=O) groups is 1. The summed E-state index contributed by atoms with van der Waals surface area (Å²) in [5.74, 6) is -2.64. The van der Waals surface area contributed by atoms with Crippen LogP contribution in [0.4, 0.5) is 19.0 Å². The molecule has 0 aliphatic heterocycles. The molecule has 11 heteroatoms. The smallest absolute Gasteiger partial charge is 0.391 e. The van der Waals surface area contributed by atoms with Gasteiger partial charge in [0.05, 0.1) is 11.3 Å². The van der Waals surface area contributed by atoms with Gasteiger partial charge >= 0.3 is 12.1 Å². The molecule has 0 amide bonds. The summed E-state index contributed by atoms with van der Waals surface area (Å²) < 4.78 is 44.3. The number of halogens is 3. The maximum atomic E-state index is 13.3. The molecule has 0 bridgehead atoms. The highest BCUT2D eigenvalue weighted by molar-refractivity contribution is 7.75. The molecule has 0 aliphatic carbocycles. The van der Waals surface area contributed by atoms with Crippen molar-refractivity contribution in [2.45, 2.75) is 6.18 Å². The van der Waals surface area contributed by atoms with E-state index in [1.54, 1.807) is 30.3 Å². The topological polar surface area (TPSA) is 101 Å². The van der Waals surface area contributed by atoms with Crippen molar-refractivity contribution in [2.75, 3.05) is 0 Å². The van der Waals surface area contributed by atoms with E-state index in [1.807, 2.05) is 0 Å². The highest BCUT2D eigenvalue weighted by Crippen LogP contribution is 2.40. The van der Waals surface area contributed by atoms with E-state index in [0.717, 1.165) is 0 Å². The summed E-state index contributed by atoms with van der Waals surface area (Å²) in [4.78, 5) is 21.2. The van der Waals surface area contributed by atoms with Gasteiger partial charge in [-0.15, -0.1) is 0 Å².